The van der Waals surface area contributed by atoms with E-state index >= 15 is 0 Å². The van der Waals surface area contributed by atoms with Gasteiger partial charge in [0.25, 0.3) is 0 Å². The fraction of sp³-hybridized carbons (Fsp3) is 0. The van der Waals surface area contributed by atoms with Gasteiger partial charge in [0.1, 0.15) is 0 Å². The molecule has 0 aromatic heterocycles. The molecule has 0 heterocycles. The van der Waals surface area contributed by atoms with Gasteiger partial charge in [-0.3, -0.25) is 4.21 Å². The van der Waals surface area contributed by atoms with Crippen molar-refractivity contribution in [3.05, 3.63) is 48.5 Å². The lowest BCUT2D eigenvalue weighted by molar-refractivity contribution is 0.537. The predicted molar refractivity (Wildman–Crippen MR) is 66.8 cm³/mol. The predicted octanol–water partition coefficient (Wildman–Crippen LogP) is 2.56. The van der Waals surface area contributed by atoms with Gasteiger partial charge in [0, 0.05) is 4.90 Å². The first kappa shape index (κ1) is 12.4. The average Bonchev–Trinajstić information content (AvgIpc) is 2.40. The van der Waals surface area contributed by atoms with Gasteiger partial charge in [0.15, 0.2) is 0 Å². The first-order chi connectivity index (χ1) is 8.70. The van der Waals surface area contributed by atoms with Gasteiger partial charge in [0.05, 0.1) is 5.69 Å². The summed E-state index contributed by atoms with van der Waals surface area (Å²) in [6.45, 7) is 0. The number of hydrogen-bond acceptors (Lipinski definition) is 4. The van der Waals surface area contributed by atoms with Crippen LogP contribution in [0.25, 0.3) is 11.1 Å². The molecule has 0 amide bonds. The number of hydrogen-bond donors (Lipinski definition) is 0. The Kier molecular flexibility index (Phi) is 3.79. The minimum Gasteiger partial charge on any atom is -0.768 e. The van der Waals surface area contributed by atoms with E-state index in [1.165, 1.54) is 18.2 Å². The third kappa shape index (κ3) is 2.78. The fourth-order valence-corrected chi connectivity index (χ4v) is 1.90. The Labute approximate surface area is 106 Å². The molecule has 0 N–H and O–H groups in total. The number of aliphatic imine (C=N–C) groups is 1. The summed E-state index contributed by atoms with van der Waals surface area (Å²) >= 11 is -2.21. The zero-order valence-electron chi connectivity index (χ0n) is 9.20. The molecule has 0 saturated carbocycles. The van der Waals surface area contributed by atoms with Crippen LogP contribution in [0.2, 0.25) is 0 Å². The maximum absolute atomic E-state index is 10.7. The highest BCUT2D eigenvalue weighted by molar-refractivity contribution is 7.79. The van der Waals surface area contributed by atoms with Crippen molar-refractivity contribution in [3.8, 4) is 11.1 Å². The van der Waals surface area contributed by atoms with Crippen molar-refractivity contribution in [1.82, 2.24) is 0 Å². The third-order valence-corrected chi connectivity index (χ3v) is 3.08. The second-order valence-electron chi connectivity index (χ2n) is 3.51. The highest BCUT2D eigenvalue weighted by Crippen LogP contribution is 2.23. The third-order valence-electron chi connectivity index (χ3n) is 2.42. The van der Waals surface area contributed by atoms with Crippen LogP contribution in [-0.2, 0) is 15.9 Å². The summed E-state index contributed by atoms with van der Waals surface area (Å²) in [5.74, 6) is 0. The molecular weight excluding hydrogens is 250 g/mol. The van der Waals surface area contributed by atoms with Crippen molar-refractivity contribution < 1.29 is 13.6 Å². The average molecular weight is 258 g/mol. The molecule has 0 aliphatic rings. The number of carbonyl (C=O) groups excluding carboxylic acids is 1. The maximum atomic E-state index is 10.7. The van der Waals surface area contributed by atoms with Gasteiger partial charge in [-0.2, -0.15) is 4.99 Å². The topological polar surface area (TPSA) is 69.6 Å². The SMILES string of the molecule is O=C=Nc1ccc(-c2ccc(S(=O)[O-])cc2)cc1. The Morgan fingerprint density at radius 1 is 0.944 bits per heavy atom. The van der Waals surface area contributed by atoms with E-state index in [1.807, 2.05) is 0 Å². The Balaban J connectivity index is 2.31. The highest BCUT2D eigenvalue weighted by atomic mass is 32.2. The molecule has 2 aromatic carbocycles. The number of benzene rings is 2. The summed E-state index contributed by atoms with van der Waals surface area (Å²) in [6, 6.07) is 13.5. The molecule has 0 radical (unpaired) electrons. The van der Waals surface area contributed by atoms with Crippen LogP contribution < -0.4 is 0 Å². The molecule has 2 aromatic rings. The Morgan fingerprint density at radius 2 is 1.44 bits per heavy atom. The summed E-state index contributed by atoms with van der Waals surface area (Å²) in [4.78, 5) is 13.8. The largest absolute Gasteiger partial charge is 0.768 e. The molecule has 1 atom stereocenters. The first-order valence-electron chi connectivity index (χ1n) is 5.08. The second kappa shape index (κ2) is 5.51. The first-order valence-corrected chi connectivity index (χ1v) is 6.16. The van der Waals surface area contributed by atoms with E-state index in [0.717, 1.165) is 11.1 Å². The van der Waals surface area contributed by atoms with Crippen LogP contribution in [0.4, 0.5) is 5.69 Å². The van der Waals surface area contributed by atoms with E-state index in [9.17, 15) is 13.6 Å². The fourth-order valence-electron chi connectivity index (χ4n) is 1.54. The molecule has 18 heavy (non-hydrogen) atoms. The standard InChI is InChI=1S/C13H9NO3S/c15-9-14-12-5-1-10(2-6-12)11-3-7-13(8-4-11)18(16)17/h1-8H,(H,16,17)/p-1. The minimum atomic E-state index is -2.21. The van der Waals surface area contributed by atoms with Gasteiger partial charge >= 0.3 is 0 Å². The zero-order valence-corrected chi connectivity index (χ0v) is 10.0. The lowest BCUT2D eigenvalue weighted by Crippen LogP contribution is -1.87. The molecule has 1 unspecified atom stereocenters. The smallest absolute Gasteiger partial charge is 0.240 e. The van der Waals surface area contributed by atoms with Crippen LogP contribution in [0.3, 0.4) is 0 Å². The van der Waals surface area contributed by atoms with Crippen molar-refractivity contribution in [3.63, 3.8) is 0 Å². The van der Waals surface area contributed by atoms with Crippen LogP contribution in [0.5, 0.6) is 0 Å². The van der Waals surface area contributed by atoms with Gasteiger partial charge in [-0.05, 0) is 46.5 Å². The molecule has 4 nitrogen and oxygen atoms in total. The van der Waals surface area contributed by atoms with Crippen molar-refractivity contribution >= 4 is 22.8 Å². The monoisotopic (exact) mass is 258 g/mol. The van der Waals surface area contributed by atoms with Crippen LogP contribution in [0.1, 0.15) is 0 Å². The lowest BCUT2D eigenvalue weighted by Gasteiger charge is -2.06. The Hall–Kier alpha value is -2.07. The van der Waals surface area contributed by atoms with E-state index in [4.69, 9.17) is 0 Å². The molecular formula is C13H8NO3S-. The number of nitrogens with zero attached hydrogens (tertiary/aromatic N) is 1. The van der Waals surface area contributed by atoms with E-state index < -0.39 is 11.1 Å². The van der Waals surface area contributed by atoms with Gasteiger partial charge in [-0.25, -0.2) is 4.79 Å². The molecule has 0 bridgehead atoms. The van der Waals surface area contributed by atoms with Crippen molar-refractivity contribution in [2.75, 3.05) is 0 Å². The number of isocyanates is 1. The quantitative estimate of drug-likeness (QED) is 0.482. The van der Waals surface area contributed by atoms with Crippen molar-refractivity contribution in [2.45, 2.75) is 4.90 Å². The molecule has 5 heteroatoms. The Morgan fingerprint density at radius 3 is 1.89 bits per heavy atom. The second-order valence-corrected chi connectivity index (χ2v) is 4.45. The maximum Gasteiger partial charge on any atom is 0.240 e. The van der Waals surface area contributed by atoms with E-state index in [0.29, 0.717) is 5.69 Å². The zero-order chi connectivity index (χ0) is 13.0. The van der Waals surface area contributed by atoms with Crippen LogP contribution in [0, 0.1) is 0 Å². The molecule has 0 saturated heterocycles. The molecule has 0 fully saturated rings. The summed E-state index contributed by atoms with van der Waals surface area (Å²) in [6.07, 6.45) is 1.47. The molecule has 0 aliphatic heterocycles. The van der Waals surface area contributed by atoms with Crippen molar-refractivity contribution in [2.24, 2.45) is 4.99 Å². The van der Waals surface area contributed by atoms with E-state index in [1.54, 1.807) is 36.4 Å². The summed E-state index contributed by atoms with van der Waals surface area (Å²) in [7, 11) is 0. The van der Waals surface area contributed by atoms with Gasteiger partial charge in [-0.15, -0.1) is 0 Å². The highest BCUT2D eigenvalue weighted by Gasteiger charge is 1.98. The number of rotatable bonds is 3. The van der Waals surface area contributed by atoms with Gasteiger partial charge in [0.2, 0.25) is 6.08 Å². The van der Waals surface area contributed by atoms with Crippen LogP contribution in [0.15, 0.2) is 58.4 Å². The molecule has 0 aliphatic carbocycles. The van der Waals surface area contributed by atoms with Gasteiger partial charge in [-0.1, -0.05) is 24.3 Å². The lowest BCUT2D eigenvalue weighted by atomic mass is 10.1. The summed E-state index contributed by atoms with van der Waals surface area (Å²) in [5.41, 5.74) is 2.35. The van der Waals surface area contributed by atoms with Crippen LogP contribution in [-0.4, -0.2) is 14.8 Å². The molecule has 2 rings (SSSR count). The Bertz CT molecular complexity index is 570. The summed E-state index contributed by atoms with van der Waals surface area (Å²) in [5, 5.41) is 0. The van der Waals surface area contributed by atoms with E-state index in [2.05, 4.69) is 4.99 Å². The van der Waals surface area contributed by atoms with Crippen molar-refractivity contribution in [1.29, 1.82) is 0 Å². The van der Waals surface area contributed by atoms with E-state index in [-0.39, 0.29) is 4.90 Å². The minimum absolute atomic E-state index is 0.251. The van der Waals surface area contributed by atoms with Crippen LogP contribution >= 0.6 is 0 Å². The molecule has 90 valence electrons. The summed E-state index contributed by atoms with van der Waals surface area (Å²) < 4.78 is 21.4. The normalized spacial score (nSPS) is 11.6. The molecule has 0 spiro atoms. The van der Waals surface area contributed by atoms with Gasteiger partial charge < -0.3 is 4.55 Å².